The van der Waals surface area contributed by atoms with E-state index in [0.29, 0.717) is 5.69 Å². The molecule has 1 aromatic rings. The third kappa shape index (κ3) is 4.68. The molecule has 1 aromatic carbocycles. The van der Waals surface area contributed by atoms with Crippen LogP contribution in [0.5, 0.6) is 0 Å². The second-order valence-corrected chi connectivity index (χ2v) is 5.29. The minimum absolute atomic E-state index is 0.110. The van der Waals surface area contributed by atoms with Crippen molar-refractivity contribution in [2.75, 3.05) is 11.9 Å². The number of carbonyl (C=O) groups is 2. The first-order valence-corrected chi connectivity index (χ1v) is 6.03. The van der Waals surface area contributed by atoms with Gasteiger partial charge in [-0.15, -0.1) is 0 Å². The number of amides is 2. The standard InChI is InChI=1S/C13H17N3O4/c1-13(2,3)12(18)14-8-11(17)15-9-5-4-6-10(7-9)16(19)20/h4-7H,8H2,1-3H3,(H,14,18)(H,15,17). The van der Waals surface area contributed by atoms with Crippen LogP contribution < -0.4 is 10.6 Å². The lowest BCUT2D eigenvalue weighted by Gasteiger charge is -2.17. The third-order valence-electron chi connectivity index (χ3n) is 2.43. The van der Waals surface area contributed by atoms with Crippen molar-refractivity contribution in [2.24, 2.45) is 5.41 Å². The Balaban J connectivity index is 2.57. The summed E-state index contributed by atoms with van der Waals surface area (Å²) in [5.41, 5.74) is -0.373. The Morgan fingerprint density at radius 2 is 1.95 bits per heavy atom. The van der Waals surface area contributed by atoms with Crippen molar-refractivity contribution < 1.29 is 14.5 Å². The van der Waals surface area contributed by atoms with E-state index in [-0.39, 0.29) is 18.1 Å². The molecule has 0 aliphatic rings. The topological polar surface area (TPSA) is 101 Å². The third-order valence-corrected chi connectivity index (χ3v) is 2.43. The Morgan fingerprint density at radius 1 is 1.30 bits per heavy atom. The van der Waals surface area contributed by atoms with Crippen molar-refractivity contribution in [3.05, 3.63) is 34.4 Å². The average molecular weight is 279 g/mol. The lowest BCUT2D eigenvalue weighted by atomic mass is 9.96. The summed E-state index contributed by atoms with van der Waals surface area (Å²) in [5.74, 6) is -0.685. The number of nitrogens with zero attached hydrogens (tertiary/aromatic N) is 1. The Morgan fingerprint density at radius 3 is 2.50 bits per heavy atom. The van der Waals surface area contributed by atoms with Gasteiger partial charge in [0.2, 0.25) is 11.8 Å². The molecule has 0 bridgehead atoms. The van der Waals surface area contributed by atoms with E-state index in [1.165, 1.54) is 24.3 Å². The molecule has 2 N–H and O–H groups in total. The van der Waals surface area contributed by atoms with Crippen LogP contribution in [0.3, 0.4) is 0 Å². The Kier molecular flexibility index (Phi) is 4.79. The van der Waals surface area contributed by atoms with E-state index >= 15 is 0 Å². The van der Waals surface area contributed by atoms with Gasteiger partial charge in [0, 0.05) is 23.2 Å². The molecule has 0 fully saturated rings. The van der Waals surface area contributed by atoms with Crippen molar-refractivity contribution in [1.82, 2.24) is 5.32 Å². The van der Waals surface area contributed by atoms with Crippen LogP contribution in [0.4, 0.5) is 11.4 Å². The second kappa shape index (κ2) is 6.14. The number of anilines is 1. The van der Waals surface area contributed by atoms with Crippen LogP contribution in [0.15, 0.2) is 24.3 Å². The van der Waals surface area contributed by atoms with Crippen LogP contribution >= 0.6 is 0 Å². The van der Waals surface area contributed by atoms with E-state index in [0.717, 1.165) is 0 Å². The first-order chi connectivity index (χ1) is 9.20. The maximum absolute atomic E-state index is 11.6. The van der Waals surface area contributed by atoms with Crippen molar-refractivity contribution in [3.63, 3.8) is 0 Å². The van der Waals surface area contributed by atoms with Crippen LogP contribution in [-0.2, 0) is 9.59 Å². The second-order valence-electron chi connectivity index (χ2n) is 5.29. The largest absolute Gasteiger partial charge is 0.347 e. The molecule has 0 unspecified atom stereocenters. The van der Waals surface area contributed by atoms with Crippen LogP contribution in [-0.4, -0.2) is 23.3 Å². The van der Waals surface area contributed by atoms with Gasteiger partial charge in [0.1, 0.15) is 0 Å². The van der Waals surface area contributed by atoms with Gasteiger partial charge in [0.05, 0.1) is 11.5 Å². The van der Waals surface area contributed by atoms with Gasteiger partial charge in [0.15, 0.2) is 0 Å². The van der Waals surface area contributed by atoms with Gasteiger partial charge in [-0.2, -0.15) is 0 Å². The maximum Gasteiger partial charge on any atom is 0.271 e. The zero-order chi connectivity index (χ0) is 15.3. The minimum Gasteiger partial charge on any atom is -0.347 e. The molecule has 0 heterocycles. The summed E-state index contributed by atoms with van der Waals surface area (Å²) in [4.78, 5) is 33.3. The highest BCUT2D eigenvalue weighted by atomic mass is 16.6. The Hall–Kier alpha value is -2.44. The predicted octanol–water partition coefficient (Wildman–Crippen LogP) is 1.70. The van der Waals surface area contributed by atoms with Crippen LogP contribution in [0.1, 0.15) is 20.8 Å². The fourth-order valence-corrected chi connectivity index (χ4v) is 1.33. The number of benzene rings is 1. The fourth-order valence-electron chi connectivity index (χ4n) is 1.33. The van der Waals surface area contributed by atoms with Crippen LogP contribution in [0, 0.1) is 15.5 Å². The highest BCUT2D eigenvalue weighted by Gasteiger charge is 2.21. The Bertz CT molecular complexity index is 535. The zero-order valence-corrected chi connectivity index (χ0v) is 11.6. The zero-order valence-electron chi connectivity index (χ0n) is 11.6. The van der Waals surface area contributed by atoms with Crippen molar-refractivity contribution >= 4 is 23.2 Å². The number of nitrogens with one attached hydrogen (secondary N) is 2. The van der Waals surface area contributed by atoms with Gasteiger partial charge in [-0.05, 0) is 6.07 Å². The number of hydrogen-bond acceptors (Lipinski definition) is 4. The van der Waals surface area contributed by atoms with E-state index in [2.05, 4.69) is 10.6 Å². The number of carbonyl (C=O) groups excluding carboxylic acids is 2. The van der Waals surface area contributed by atoms with Crippen molar-refractivity contribution in [3.8, 4) is 0 Å². The number of nitro groups is 1. The summed E-state index contributed by atoms with van der Waals surface area (Å²) in [6.07, 6.45) is 0. The molecule has 0 saturated carbocycles. The van der Waals surface area contributed by atoms with Gasteiger partial charge >= 0.3 is 0 Å². The predicted molar refractivity (Wildman–Crippen MR) is 74.2 cm³/mol. The van der Waals surface area contributed by atoms with Crippen molar-refractivity contribution in [2.45, 2.75) is 20.8 Å². The number of hydrogen-bond donors (Lipinski definition) is 2. The first-order valence-electron chi connectivity index (χ1n) is 6.03. The SMILES string of the molecule is CC(C)(C)C(=O)NCC(=O)Nc1cccc([N+](=O)[O-])c1. The van der Waals surface area contributed by atoms with Gasteiger partial charge in [-0.1, -0.05) is 26.8 Å². The van der Waals surface area contributed by atoms with Gasteiger partial charge < -0.3 is 10.6 Å². The number of rotatable bonds is 4. The summed E-state index contributed by atoms with van der Waals surface area (Å²) in [7, 11) is 0. The molecule has 7 nitrogen and oxygen atoms in total. The molecule has 0 aromatic heterocycles. The van der Waals surface area contributed by atoms with Crippen LogP contribution in [0.25, 0.3) is 0 Å². The smallest absolute Gasteiger partial charge is 0.271 e. The van der Waals surface area contributed by atoms with E-state index in [9.17, 15) is 19.7 Å². The lowest BCUT2D eigenvalue weighted by Crippen LogP contribution is -2.39. The normalized spacial score (nSPS) is 10.8. The molecule has 7 heteroatoms. The van der Waals surface area contributed by atoms with Gasteiger partial charge in [0.25, 0.3) is 5.69 Å². The highest BCUT2D eigenvalue weighted by molar-refractivity contribution is 5.95. The molecule has 0 spiro atoms. The average Bonchev–Trinajstić information content (AvgIpc) is 2.35. The number of nitro benzene ring substituents is 1. The Labute approximate surface area is 116 Å². The minimum atomic E-state index is -0.578. The van der Waals surface area contributed by atoms with E-state index in [1.54, 1.807) is 20.8 Å². The fraction of sp³-hybridized carbons (Fsp3) is 0.385. The lowest BCUT2D eigenvalue weighted by molar-refractivity contribution is -0.384. The molecule has 0 saturated heterocycles. The molecular weight excluding hydrogens is 262 g/mol. The molecule has 0 atom stereocenters. The summed E-state index contributed by atoms with van der Waals surface area (Å²) in [6, 6.07) is 5.60. The van der Waals surface area contributed by atoms with Gasteiger partial charge in [-0.25, -0.2) is 0 Å². The highest BCUT2D eigenvalue weighted by Crippen LogP contribution is 2.17. The molecule has 108 valence electrons. The summed E-state index contributed by atoms with van der Waals surface area (Å²) < 4.78 is 0. The van der Waals surface area contributed by atoms with Crippen molar-refractivity contribution in [1.29, 1.82) is 0 Å². The van der Waals surface area contributed by atoms with Crippen LogP contribution in [0.2, 0.25) is 0 Å². The van der Waals surface area contributed by atoms with E-state index < -0.39 is 16.2 Å². The summed E-state index contributed by atoms with van der Waals surface area (Å²) >= 11 is 0. The number of non-ortho nitro benzene ring substituents is 1. The molecule has 1 rings (SSSR count). The molecular formula is C13H17N3O4. The summed E-state index contributed by atoms with van der Waals surface area (Å²) in [6.45, 7) is 5.03. The summed E-state index contributed by atoms with van der Waals surface area (Å²) in [5, 5.41) is 15.6. The molecule has 0 radical (unpaired) electrons. The molecule has 0 aliphatic carbocycles. The molecule has 20 heavy (non-hydrogen) atoms. The quantitative estimate of drug-likeness (QED) is 0.646. The first kappa shape index (κ1) is 15.6. The molecule has 0 aliphatic heterocycles. The van der Waals surface area contributed by atoms with E-state index in [1.807, 2.05) is 0 Å². The molecule has 2 amide bonds. The van der Waals surface area contributed by atoms with E-state index in [4.69, 9.17) is 0 Å². The van der Waals surface area contributed by atoms with Gasteiger partial charge in [-0.3, -0.25) is 19.7 Å². The monoisotopic (exact) mass is 279 g/mol. The maximum atomic E-state index is 11.6.